The van der Waals surface area contributed by atoms with Crippen molar-refractivity contribution in [2.24, 2.45) is 0 Å². The van der Waals surface area contributed by atoms with E-state index in [0.29, 0.717) is 23.5 Å². The summed E-state index contributed by atoms with van der Waals surface area (Å²) in [6.45, 7) is 2.56. The van der Waals surface area contributed by atoms with Crippen LogP contribution in [0.15, 0.2) is 59.8 Å². The van der Waals surface area contributed by atoms with Crippen LogP contribution in [0.2, 0.25) is 0 Å². The number of aryl methyl sites for hydroxylation is 1. The molecule has 0 saturated carbocycles. The Morgan fingerprint density at radius 3 is 2.77 bits per heavy atom. The van der Waals surface area contributed by atoms with Gasteiger partial charge in [0.2, 0.25) is 5.95 Å². The SMILES string of the molecule is Cc1ccc(S(=O)(=O)Nc2ncc(OC3CCCCO3)c3cc4cccnc4n23)cc1. The van der Waals surface area contributed by atoms with Crippen LogP contribution in [-0.2, 0) is 14.8 Å². The molecule has 0 amide bonds. The average Bonchev–Trinajstić information content (AvgIpc) is 3.17. The van der Waals surface area contributed by atoms with Crippen molar-refractivity contribution in [2.45, 2.75) is 37.4 Å². The normalized spacial score (nSPS) is 17.1. The van der Waals surface area contributed by atoms with Crippen LogP contribution in [0.4, 0.5) is 5.95 Å². The summed E-state index contributed by atoms with van der Waals surface area (Å²) in [6, 6.07) is 12.3. The van der Waals surface area contributed by atoms with Gasteiger partial charge >= 0.3 is 0 Å². The van der Waals surface area contributed by atoms with Gasteiger partial charge in [-0.3, -0.25) is 4.40 Å². The van der Waals surface area contributed by atoms with Crippen LogP contribution in [0.5, 0.6) is 5.75 Å². The van der Waals surface area contributed by atoms with Gasteiger partial charge in [0, 0.05) is 18.0 Å². The lowest BCUT2D eigenvalue weighted by molar-refractivity contribution is -0.105. The highest BCUT2D eigenvalue weighted by molar-refractivity contribution is 7.92. The second kappa shape index (κ2) is 7.82. The second-order valence-electron chi connectivity index (χ2n) is 7.56. The first-order chi connectivity index (χ1) is 15.0. The van der Waals surface area contributed by atoms with Gasteiger partial charge in [-0.15, -0.1) is 0 Å². The van der Waals surface area contributed by atoms with Crippen LogP contribution in [-0.4, -0.2) is 35.7 Å². The van der Waals surface area contributed by atoms with Gasteiger partial charge in [-0.25, -0.2) is 23.1 Å². The van der Waals surface area contributed by atoms with E-state index in [9.17, 15) is 8.42 Å². The van der Waals surface area contributed by atoms with Gasteiger partial charge in [0.1, 0.15) is 5.65 Å². The van der Waals surface area contributed by atoms with Crippen molar-refractivity contribution in [1.29, 1.82) is 0 Å². The molecule has 160 valence electrons. The number of rotatable bonds is 5. The molecule has 1 aliphatic heterocycles. The van der Waals surface area contributed by atoms with Crippen LogP contribution in [0, 0.1) is 6.92 Å². The largest absolute Gasteiger partial charge is 0.461 e. The summed E-state index contributed by atoms with van der Waals surface area (Å²) in [5.74, 6) is 0.657. The summed E-state index contributed by atoms with van der Waals surface area (Å²) in [5, 5.41) is 0.848. The molecule has 1 saturated heterocycles. The summed E-state index contributed by atoms with van der Waals surface area (Å²) >= 11 is 0. The maximum atomic E-state index is 13.0. The van der Waals surface area contributed by atoms with E-state index < -0.39 is 10.0 Å². The van der Waals surface area contributed by atoms with Crippen LogP contribution in [0.1, 0.15) is 24.8 Å². The van der Waals surface area contributed by atoms with Crippen molar-refractivity contribution >= 4 is 32.5 Å². The van der Waals surface area contributed by atoms with Crippen LogP contribution in [0.3, 0.4) is 0 Å². The lowest BCUT2D eigenvalue weighted by Crippen LogP contribution is -2.25. The molecule has 1 fully saturated rings. The number of hydrogen-bond acceptors (Lipinski definition) is 6. The smallest absolute Gasteiger partial charge is 0.264 e. The van der Waals surface area contributed by atoms with Crippen molar-refractivity contribution in [3.05, 3.63) is 60.4 Å². The summed E-state index contributed by atoms with van der Waals surface area (Å²) in [6.07, 6.45) is 5.69. The number of fused-ring (bicyclic) bond motifs is 3. The predicted molar refractivity (Wildman–Crippen MR) is 117 cm³/mol. The zero-order valence-corrected chi connectivity index (χ0v) is 17.8. The molecule has 0 bridgehead atoms. The third kappa shape index (κ3) is 3.82. The predicted octanol–water partition coefficient (Wildman–Crippen LogP) is 3.90. The molecule has 9 heteroatoms. The summed E-state index contributed by atoms with van der Waals surface area (Å²) in [5.41, 5.74) is 2.23. The van der Waals surface area contributed by atoms with Crippen LogP contribution in [0.25, 0.3) is 16.6 Å². The third-order valence-corrected chi connectivity index (χ3v) is 6.63. The summed E-state index contributed by atoms with van der Waals surface area (Å²) < 4.78 is 42.0. The Morgan fingerprint density at radius 1 is 1.16 bits per heavy atom. The van der Waals surface area contributed by atoms with Crippen LogP contribution < -0.4 is 9.46 Å². The van der Waals surface area contributed by atoms with Gasteiger partial charge in [-0.05, 0) is 50.1 Å². The van der Waals surface area contributed by atoms with Gasteiger partial charge in [0.15, 0.2) is 12.0 Å². The molecule has 4 heterocycles. The minimum Gasteiger partial charge on any atom is -0.461 e. The van der Waals surface area contributed by atoms with Gasteiger partial charge in [0.05, 0.1) is 23.2 Å². The lowest BCUT2D eigenvalue weighted by atomic mass is 10.2. The second-order valence-corrected chi connectivity index (χ2v) is 9.24. The van der Waals surface area contributed by atoms with E-state index >= 15 is 0 Å². The quantitative estimate of drug-likeness (QED) is 0.508. The van der Waals surface area contributed by atoms with Crippen LogP contribution >= 0.6 is 0 Å². The maximum Gasteiger partial charge on any atom is 0.264 e. The van der Waals surface area contributed by atoms with E-state index in [1.807, 2.05) is 25.1 Å². The van der Waals surface area contributed by atoms with Gasteiger partial charge < -0.3 is 9.47 Å². The molecule has 31 heavy (non-hydrogen) atoms. The van der Waals surface area contributed by atoms with Gasteiger partial charge in [-0.1, -0.05) is 17.7 Å². The number of pyridine rings is 1. The molecule has 1 aliphatic rings. The lowest BCUT2D eigenvalue weighted by Gasteiger charge is -2.23. The number of hydrogen-bond donors (Lipinski definition) is 1. The highest BCUT2D eigenvalue weighted by atomic mass is 32.2. The minimum atomic E-state index is -3.83. The van der Waals surface area contributed by atoms with E-state index in [1.165, 1.54) is 6.20 Å². The van der Waals surface area contributed by atoms with Crippen molar-refractivity contribution in [3.63, 3.8) is 0 Å². The molecule has 0 radical (unpaired) electrons. The first-order valence-electron chi connectivity index (χ1n) is 10.1. The zero-order valence-electron chi connectivity index (χ0n) is 17.0. The Labute approximate surface area is 179 Å². The molecule has 0 spiro atoms. The molecule has 1 atom stereocenters. The van der Waals surface area contributed by atoms with Crippen molar-refractivity contribution in [2.75, 3.05) is 11.3 Å². The highest BCUT2D eigenvalue weighted by Crippen LogP contribution is 2.31. The molecule has 1 N–H and O–H groups in total. The minimum absolute atomic E-state index is 0.140. The fourth-order valence-electron chi connectivity index (χ4n) is 3.68. The monoisotopic (exact) mass is 438 g/mol. The maximum absolute atomic E-state index is 13.0. The Hall–Kier alpha value is -3.17. The molecule has 8 nitrogen and oxygen atoms in total. The van der Waals surface area contributed by atoms with E-state index in [2.05, 4.69) is 14.7 Å². The Bertz CT molecular complexity index is 1340. The number of benzene rings is 1. The molecule has 4 aromatic rings. The average molecular weight is 439 g/mol. The Kier molecular flexibility index (Phi) is 4.99. The number of aromatic nitrogens is 3. The Balaban J connectivity index is 1.60. The number of anilines is 1. The fraction of sp³-hybridized carbons (Fsp3) is 0.273. The number of ether oxygens (including phenoxy) is 2. The van der Waals surface area contributed by atoms with E-state index in [1.54, 1.807) is 34.9 Å². The standard InChI is InChI=1S/C22H22N4O4S/c1-15-7-9-17(10-8-15)31(27,28)25-22-24-14-19(30-20-6-2-3-12-29-20)18-13-16-5-4-11-23-21(16)26(18)22/h4-5,7-11,13-14,20H,2-3,6,12H2,1H3,(H,24,25). The van der Waals surface area contributed by atoms with E-state index in [-0.39, 0.29) is 17.1 Å². The molecule has 1 aromatic carbocycles. The Morgan fingerprint density at radius 2 is 2.00 bits per heavy atom. The number of sulfonamides is 1. The topological polar surface area (TPSA) is 94.8 Å². The van der Waals surface area contributed by atoms with E-state index in [0.717, 1.165) is 30.2 Å². The molecule has 1 unspecified atom stereocenters. The van der Waals surface area contributed by atoms with E-state index in [4.69, 9.17) is 9.47 Å². The number of nitrogens with one attached hydrogen (secondary N) is 1. The molecule has 5 rings (SSSR count). The summed E-state index contributed by atoms with van der Waals surface area (Å²) in [7, 11) is -3.83. The number of nitrogens with zero attached hydrogens (tertiary/aromatic N) is 3. The molecular formula is C22H22N4O4S. The molecule has 0 aliphatic carbocycles. The molecular weight excluding hydrogens is 416 g/mol. The molecule has 3 aromatic heterocycles. The third-order valence-electron chi connectivity index (χ3n) is 5.28. The zero-order chi connectivity index (χ0) is 21.4. The fourth-order valence-corrected chi connectivity index (χ4v) is 4.68. The van der Waals surface area contributed by atoms with Gasteiger partial charge in [-0.2, -0.15) is 0 Å². The first-order valence-corrected chi connectivity index (χ1v) is 11.6. The first kappa shape index (κ1) is 19.8. The van der Waals surface area contributed by atoms with Crippen molar-refractivity contribution in [1.82, 2.24) is 14.4 Å². The van der Waals surface area contributed by atoms with Crippen molar-refractivity contribution < 1.29 is 17.9 Å². The highest BCUT2D eigenvalue weighted by Gasteiger charge is 2.22. The summed E-state index contributed by atoms with van der Waals surface area (Å²) in [4.78, 5) is 8.97. The van der Waals surface area contributed by atoms with Crippen molar-refractivity contribution in [3.8, 4) is 5.75 Å². The van der Waals surface area contributed by atoms with Gasteiger partial charge in [0.25, 0.3) is 10.0 Å².